The molecule has 0 bridgehead atoms. The van der Waals surface area contributed by atoms with Gasteiger partial charge in [0.2, 0.25) is 5.91 Å². The Morgan fingerprint density at radius 1 is 0.882 bits per heavy atom. The summed E-state index contributed by atoms with van der Waals surface area (Å²) in [5.41, 5.74) is 6.46. The zero-order valence-corrected chi connectivity index (χ0v) is 18.8. The van der Waals surface area contributed by atoms with E-state index in [1.807, 2.05) is 48.5 Å². The van der Waals surface area contributed by atoms with Gasteiger partial charge in [-0.3, -0.25) is 9.78 Å². The highest BCUT2D eigenvalue weighted by Crippen LogP contribution is 2.22. The number of hydrogen-bond acceptors (Lipinski definition) is 5. The van der Waals surface area contributed by atoms with E-state index in [9.17, 15) is 4.79 Å². The van der Waals surface area contributed by atoms with Crippen molar-refractivity contribution in [3.05, 3.63) is 96.3 Å². The van der Waals surface area contributed by atoms with E-state index in [4.69, 9.17) is 5.10 Å². The van der Waals surface area contributed by atoms with E-state index >= 15 is 0 Å². The third-order valence-electron chi connectivity index (χ3n) is 5.72. The molecule has 3 aromatic heterocycles. The predicted octanol–water partition coefficient (Wildman–Crippen LogP) is 4.99. The van der Waals surface area contributed by atoms with Crippen LogP contribution >= 0.6 is 0 Å². The first-order valence-electron chi connectivity index (χ1n) is 11.3. The molecule has 0 fully saturated rings. The van der Waals surface area contributed by atoms with Crippen LogP contribution in [-0.2, 0) is 17.6 Å². The topological polar surface area (TPSA) is 85.1 Å². The lowest BCUT2D eigenvalue weighted by atomic mass is 10.1. The standard InChI is InChI=1S/C27H24N6O/c1-2-19-5-7-20(8-6-19)9-16-26(34)29-23-12-10-21(11-13-23)24-14-15-25-30-31-27(33(25)32-24)22-4-3-17-28-18-22/h3-8,10-15,17-18H,2,9,16H2,1H3,(H,29,34). The largest absolute Gasteiger partial charge is 0.326 e. The highest BCUT2D eigenvalue weighted by Gasteiger charge is 2.11. The lowest BCUT2D eigenvalue weighted by Gasteiger charge is -2.08. The first-order chi connectivity index (χ1) is 16.7. The van der Waals surface area contributed by atoms with Gasteiger partial charge in [-0.2, -0.15) is 9.61 Å². The van der Waals surface area contributed by atoms with E-state index < -0.39 is 0 Å². The van der Waals surface area contributed by atoms with Crippen molar-refractivity contribution in [1.29, 1.82) is 0 Å². The Morgan fingerprint density at radius 2 is 1.68 bits per heavy atom. The number of fused-ring (bicyclic) bond motifs is 1. The predicted molar refractivity (Wildman–Crippen MR) is 132 cm³/mol. The molecule has 1 amide bonds. The first kappa shape index (κ1) is 21.5. The van der Waals surface area contributed by atoms with E-state index in [0.717, 1.165) is 35.3 Å². The summed E-state index contributed by atoms with van der Waals surface area (Å²) in [6, 6.07) is 23.7. The summed E-state index contributed by atoms with van der Waals surface area (Å²) < 4.78 is 1.72. The van der Waals surface area contributed by atoms with Crippen LogP contribution in [0.4, 0.5) is 5.69 Å². The van der Waals surface area contributed by atoms with Gasteiger partial charge >= 0.3 is 0 Å². The molecule has 0 saturated carbocycles. The molecule has 5 rings (SSSR count). The summed E-state index contributed by atoms with van der Waals surface area (Å²) in [4.78, 5) is 16.6. The number of amides is 1. The Hall–Kier alpha value is -4.39. The highest BCUT2D eigenvalue weighted by molar-refractivity contribution is 5.91. The van der Waals surface area contributed by atoms with Gasteiger partial charge in [0, 0.05) is 35.6 Å². The van der Waals surface area contributed by atoms with E-state index in [2.05, 4.69) is 51.7 Å². The lowest BCUT2D eigenvalue weighted by molar-refractivity contribution is -0.116. The van der Waals surface area contributed by atoms with E-state index in [1.165, 1.54) is 11.1 Å². The minimum Gasteiger partial charge on any atom is -0.326 e. The molecule has 0 aliphatic carbocycles. The van der Waals surface area contributed by atoms with E-state index in [-0.39, 0.29) is 5.91 Å². The van der Waals surface area contributed by atoms with Crippen molar-refractivity contribution < 1.29 is 4.79 Å². The quantitative estimate of drug-likeness (QED) is 0.379. The van der Waals surface area contributed by atoms with Crippen LogP contribution in [0.25, 0.3) is 28.3 Å². The molecule has 2 aromatic carbocycles. The van der Waals surface area contributed by atoms with Crippen molar-refractivity contribution in [1.82, 2.24) is 24.8 Å². The van der Waals surface area contributed by atoms with Crippen LogP contribution in [0.3, 0.4) is 0 Å². The van der Waals surface area contributed by atoms with Crippen molar-refractivity contribution in [3.8, 4) is 22.6 Å². The molecule has 0 atom stereocenters. The number of pyridine rings is 1. The maximum Gasteiger partial charge on any atom is 0.224 e. The summed E-state index contributed by atoms with van der Waals surface area (Å²) in [6.45, 7) is 2.14. The maximum atomic E-state index is 12.4. The second-order valence-electron chi connectivity index (χ2n) is 8.05. The molecule has 34 heavy (non-hydrogen) atoms. The Balaban J connectivity index is 1.26. The van der Waals surface area contributed by atoms with Crippen LogP contribution in [0.1, 0.15) is 24.5 Å². The lowest BCUT2D eigenvalue weighted by Crippen LogP contribution is -2.12. The van der Waals surface area contributed by atoms with Crippen molar-refractivity contribution in [2.45, 2.75) is 26.2 Å². The molecule has 3 heterocycles. The molecular formula is C27H24N6O. The molecule has 0 saturated heterocycles. The van der Waals surface area contributed by atoms with Crippen molar-refractivity contribution >= 4 is 17.2 Å². The van der Waals surface area contributed by atoms with Gasteiger partial charge in [-0.05, 0) is 60.4 Å². The monoisotopic (exact) mass is 448 g/mol. The Morgan fingerprint density at radius 3 is 2.41 bits per heavy atom. The van der Waals surface area contributed by atoms with Crippen LogP contribution in [0, 0.1) is 0 Å². The molecule has 0 aliphatic heterocycles. The second kappa shape index (κ2) is 9.62. The molecule has 0 unspecified atom stereocenters. The fourth-order valence-corrected chi connectivity index (χ4v) is 3.77. The molecular weight excluding hydrogens is 424 g/mol. The molecule has 1 N–H and O–H groups in total. The van der Waals surface area contributed by atoms with Gasteiger partial charge < -0.3 is 5.32 Å². The van der Waals surface area contributed by atoms with E-state index in [1.54, 1.807) is 16.9 Å². The van der Waals surface area contributed by atoms with Gasteiger partial charge in [0.1, 0.15) is 0 Å². The fraction of sp³-hybridized carbons (Fsp3) is 0.148. The summed E-state index contributed by atoms with van der Waals surface area (Å²) >= 11 is 0. The third-order valence-corrected chi connectivity index (χ3v) is 5.72. The summed E-state index contributed by atoms with van der Waals surface area (Å²) in [5, 5.41) is 16.2. The Kier molecular flexibility index (Phi) is 6.07. The number of hydrogen-bond donors (Lipinski definition) is 1. The molecule has 0 radical (unpaired) electrons. The smallest absolute Gasteiger partial charge is 0.224 e. The zero-order chi connectivity index (χ0) is 23.3. The number of aromatic nitrogens is 5. The normalized spacial score (nSPS) is 11.0. The number of nitrogens with zero attached hydrogens (tertiary/aromatic N) is 5. The first-order valence-corrected chi connectivity index (χ1v) is 11.3. The highest BCUT2D eigenvalue weighted by atomic mass is 16.1. The number of rotatable bonds is 7. The minimum atomic E-state index is -0.00235. The van der Waals surface area contributed by atoms with Crippen LogP contribution in [0.5, 0.6) is 0 Å². The van der Waals surface area contributed by atoms with Crippen molar-refractivity contribution in [2.75, 3.05) is 5.32 Å². The summed E-state index contributed by atoms with van der Waals surface area (Å²) in [7, 11) is 0. The zero-order valence-electron chi connectivity index (χ0n) is 18.8. The van der Waals surface area contributed by atoms with E-state index in [0.29, 0.717) is 17.9 Å². The van der Waals surface area contributed by atoms with Crippen LogP contribution in [0.2, 0.25) is 0 Å². The number of nitrogens with one attached hydrogen (secondary N) is 1. The minimum absolute atomic E-state index is 0.00235. The number of aryl methyl sites for hydroxylation is 2. The SMILES string of the molecule is CCc1ccc(CCC(=O)Nc2ccc(-c3ccc4nnc(-c5cccnc5)n4n3)cc2)cc1. The summed E-state index contributed by atoms with van der Waals surface area (Å²) in [6.07, 6.45) is 5.63. The van der Waals surface area contributed by atoms with Crippen LogP contribution in [-0.4, -0.2) is 30.7 Å². The summed E-state index contributed by atoms with van der Waals surface area (Å²) in [5.74, 6) is 0.635. The average molecular weight is 449 g/mol. The van der Waals surface area contributed by atoms with Gasteiger partial charge in [0.05, 0.1) is 5.69 Å². The Bertz CT molecular complexity index is 1410. The fourth-order valence-electron chi connectivity index (χ4n) is 3.77. The van der Waals surface area contributed by atoms with Gasteiger partial charge in [0.25, 0.3) is 0 Å². The maximum absolute atomic E-state index is 12.4. The average Bonchev–Trinajstić information content (AvgIpc) is 3.32. The second-order valence-corrected chi connectivity index (χ2v) is 8.05. The number of benzene rings is 2. The van der Waals surface area contributed by atoms with Gasteiger partial charge in [-0.15, -0.1) is 10.2 Å². The van der Waals surface area contributed by atoms with Gasteiger partial charge in [0.15, 0.2) is 11.5 Å². The molecule has 5 aromatic rings. The molecule has 7 heteroatoms. The van der Waals surface area contributed by atoms with Crippen LogP contribution < -0.4 is 5.32 Å². The number of anilines is 1. The number of carbonyl (C=O) groups excluding carboxylic acids is 1. The van der Waals surface area contributed by atoms with Gasteiger partial charge in [-0.25, -0.2) is 0 Å². The van der Waals surface area contributed by atoms with Crippen molar-refractivity contribution in [3.63, 3.8) is 0 Å². The molecule has 168 valence electrons. The third kappa shape index (κ3) is 4.68. The number of carbonyl (C=O) groups is 1. The van der Waals surface area contributed by atoms with Crippen LogP contribution in [0.15, 0.2) is 85.2 Å². The van der Waals surface area contributed by atoms with Crippen molar-refractivity contribution in [2.24, 2.45) is 0 Å². The molecule has 0 aliphatic rings. The van der Waals surface area contributed by atoms with Gasteiger partial charge in [-0.1, -0.05) is 43.3 Å². The Labute approximate surface area is 197 Å². The molecule has 7 nitrogen and oxygen atoms in total. The molecule has 0 spiro atoms.